The van der Waals surface area contributed by atoms with Crippen LogP contribution in [0.2, 0.25) is 0 Å². The summed E-state index contributed by atoms with van der Waals surface area (Å²) in [4.78, 5) is 14.1. The Morgan fingerprint density at radius 1 is 1.13 bits per heavy atom. The first-order chi connectivity index (χ1) is 7.27. The number of nitrogens with zero attached hydrogens (tertiary/aromatic N) is 1. The number of hydrogen-bond donors (Lipinski definition) is 0. The summed E-state index contributed by atoms with van der Waals surface area (Å²) < 4.78 is 5.63. The van der Waals surface area contributed by atoms with Crippen LogP contribution in [0.25, 0.3) is 0 Å². The SMILES string of the molecule is CC1CCC(C(=O)N2CCCCCC2)O1. The van der Waals surface area contributed by atoms with Crippen LogP contribution >= 0.6 is 0 Å². The summed E-state index contributed by atoms with van der Waals surface area (Å²) >= 11 is 0. The van der Waals surface area contributed by atoms with E-state index >= 15 is 0 Å². The maximum atomic E-state index is 12.1. The highest BCUT2D eigenvalue weighted by atomic mass is 16.5. The van der Waals surface area contributed by atoms with Gasteiger partial charge in [-0.2, -0.15) is 0 Å². The lowest BCUT2D eigenvalue weighted by atomic mass is 10.2. The molecule has 0 aliphatic carbocycles. The summed E-state index contributed by atoms with van der Waals surface area (Å²) in [5, 5.41) is 0. The van der Waals surface area contributed by atoms with Crippen LogP contribution < -0.4 is 0 Å². The highest BCUT2D eigenvalue weighted by Crippen LogP contribution is 2.22. The number of carbonyl (C=O) groups excluding carboxylic acids is 1. The predicted octanol–water partition coefficient (Wildman–Crippen LogP) is 1.96. The highest BCUT2D eigenvalue weighted by Gasteiger charge is 2.31. The largest absolute Gasteiger partial charge is 0.365 e. The minimum atomic E-state index is -0.141. The van der Waals surface area contributed by atoms with Crippen LogP contribution in [0.1, 0.15) is 45.4 Å². The van der Waals surface area contributed by atoms with Gasteiger partial charge in [-0.1, -0.05) is 12.8 Å². The Balaban J connectivity index is 1.88. The van der Waals surface area contributed by atoms with Crippen molar-refractivity contribution in [1.82, 2.24) is 4.90 Å². The predicted molar refractivity (Wildman–Crippen MR) is 58.6 cm³/mol. The quantitative estimate of drug-likeness (QED) is 0.663. The van der Waals surface area contributed by atoms with Crippen molar-refractivity contribution >= 4 is 5.91 Å². The van der Waals surface area contributed by atoms with Gasteiger partial charge in [0.05, 0.1) is 6.10 Å². The fourth-order valence-corrected chi connectivity index (χ4v) is 2.48. The van der Waals surface area contributed by atoms with E-state index in [2.05, 4.69) is 6.92 Å². The van der Waals surface area contributed by atoms with Crippen molar-refractivity contribution in [3.05, 3.63) is 0 Å². The molecule has 2 fully saturated rings. The van der Waals surface area contributed by atoms with Gasteiger partial charge < -0.3 is 9.64 Å². The fraction of sp³-hybridized carbons (Fsp3) is 0.917. The molecule has 2 saturated heterocycles. The van der Waals surface area contributed by atoms with Gasteiger partial charge >= 0.3 is 0 Å². The molecule has 2 aliphatic heterocycles. The number of hydrogen-bond acceptors (Lipinski definition) is 2. The van der Waals surface area contributed by atoms with E-state index in [0.29, 0.717) is 0 Å². The van der Waals surface area contributed by atoms with Crippen LogP contribution in [0, 0.1) is 0 Å². The average molecular weight is 211 g/mol. The summed E-state index contributed by atoms with van der Waals surface area (Å²) in [6.07, 6.45) is 6.93. The lowest BCUT2D eigenvalue weighted by molar-refractivity contribution is -0.142. The van der Waals surface area contributed by atoms with Gasteiger partial charge in [0.2, 0.25) is 0 Å². The molecule has 0 aromatic carbocycles. The first kappa shape index (κ1) is 10.9. The Bertz CT molecular complexity index is 222. The normalized spacial score (nSPS) is 32.7. The van der Waals surface area contributed by atoms with Crippen molar-refractivity contribution in [2.75, 3.05) is 13.1 Å². The third-order valence-corrected chi connectivity index (χ3v) is 3.43. The van der Waals surface area contributed by atoms with Crippen LogP contribution in [-0.4, -0.2) is 36.1 Å². The van der Waals surface area contributed by atoms with Crippen molar-refractivity contribution in [3.8, 4) is 0 Å². The molecule has 2 atom stereocenters. The van der Waals surface area contributed by atoms with Gasteiger partial charge in [-0.15, -0.1) is 0 Å². The van der Waals surface area contributed by atoms with Crippen molar-refractivity contribution in [3.63, 3.8) is 0 Å². The second kappa shape index (κ2) is 4.97. The van der Waals surface area contributed by atoms with Gasteiger partial charge in [0.25, 0.3) is 5.91 Å². The summed E-state index contributed by atoms with van der Waals surface area (Å²) in [5.74, 6) is 0.237. The molecule has 0 N–H and O–H groups in total. The molecule has 2 aliphatic rings. The Hall–Kier alpha value is -0.570. The molecule has 3 nitrogen and oxygen atoms in total. The zero-order valence-corrected chi connectivity index (χ0v) is 9.58. The van der Waals surface area contributed by atoms with E-state index in [4.69, 9.17) is 4.74 Å². The zero-order chi connectivity index (χ0) is 10.7. The molecular formula is C12H21NO2. The Labute approximate surface area is 91.8 Å². The molecule has 86 valence electrons. The van der Waals surface area contributed by atoms with Crippen molar-refractivity contribution < 1.29 is 9.53 Å². The molecular weight excluding hydrogens is 190 g/mol. The lowest BCUT2D eigenvalue weighted by Crippen LogP contribution is -2.39. The van der Waals surface area contributed by atoms with Crippen molar-refractivity contribution in [1.29, 1.82) is 0 Å². The molecule has 0 saturated carbocycles. The second-order valence-electron chi connectivity index (χ2n) is 4.75. The van der Waals surface area contributed by atoms with Crippen molar-refractivity contribution in [2.45, 2.75) is 57.7 Å². The Morgan fingerprint density at radius 2 is 1.80 bits per heavy atom. The fourth-order valence-electron chi connectivity index (χ4n) is 2.48. The average Bonchev–Trinajstić information content (AvgIpc) is 2.53. The van der Waals surface area contributed by atoms with Gasteiger partial charge in [0.1, 0.15) is 6.10 Å². The van der Waals surface area contributed by atoms with Gasteiger partial charge in [-0.05, 0) is 32.6 Å². The van der Waals surface area contributed by atoms with Gasteiger partial charge in [-0.3, -0.25) is 4.79 Å². The summed E-state index contributed by atoms with van der Waals surface area (Å²) in [5.41, 5.74) is 0. The molecule has 2 unspecified atom stereocenters. The van der Waals surface area contributed by atoms with E-state index in [1.165, 1.54) is 12.8 Å². The summed E-state index contributed by atoms with van der Waals surface area (Å²) in [7, 11) is 0. The van der Waals surface area contributed by atoms with Gasteiger partial charge in [0.15, 0.2) is 0 Å². The lowest BCUT2D eigenvalue weighted by Gasteiger charge is -2.23. The molecule has 0 aromatic heterocycles. The molecule has 1 amide bonds. The van der Waals surface area contributed by atoms with E-state index < -0.39 is 0 Å². The number of carbonyl (C=O) groups is 1. The number of ether oxygens (including phenoxy) is 1. The van der Waals surface area contributed by atoms with Gasteiger partial charge in [0, 0.05) is 13.1 Å². The van der Waals surface area contributed by atoms with Crippen LogP contribution in [0.5, 0.6) is 0 Å². The molecule has 0 aromatic rings. The second-order valence-corrected chi connectivity index (χ2v) is 4.75. The van der Waals surface area contributed by atoms with Crippen LogP contribution in [0.4, 0.5) is 0 Å². The first-order valence-electron chi connectivity index (χ1n) is 6.21. The maximum Gasteiger partial charge on any atom is 0.251 e. The standard InChI is InChI=1S/C12H21NO2/c1-10-6-7-11(15-10)12(14)13-8-4-2-3-5-9-13/h10-11H,2-9H2,1H3. The topological polar surface area (TPSA) is 29.5 Å². The Morgan fingerprint density at radius 3 is 2.33 bits per heavy atom. The molecule has 0 bridgehead atoms. The van der Waals surface area contributed by atoms with E-state index in [0.717, 1.165) is 38.8 Å². The molecule has 0 radical (unpaired) electrons. The maximum absolute atomic E-state index is 12.1. The first-order valence-corrected chi connectivity index (χ1v) is 6.21. The number of amides is 1. The third kappa shape index (κ3) is 2.71. The van der Waals surface area contributed by atoms with Crippen LogP contribution in [-0.2, 0) is 9.53 Å². The smallest absolute Gasteiger partial charge is 0.251 e. The number of rotatable bonds is 1. The zero-order valence-electron chi connectivity index (χ0n) is 9.58. The monoisotopic (exact) mass is 211 g/mol. The molecule has 2 rings (SSSR count). The van der Waals surface area contributed by atoms with Gasteiger partial charge in [-0.25, -0.2) is 0 Å². The van der Waals surface area contributed by atoms with Crippen molar-refractivity contribution in [2.24, 2.45) is 0 Å². The Kier molecular flexibility index (Phi) is 3.62. The van der Waals surface area contributed by atoms with E-state index in [1.807, 2.05) is 4.90 Å². The van der Waals surface area contributed by atoms with Crippen LogP contribution in [0.15, 0.2) is 0 Å². The van der Waals surface area contributed by atoms with Crippen LogP contribution in [0.3, 0.4) is 0 Å². The third-order valence-electron chi connectivity index (χ3n) is 3.43. The minimum absolute atomic E-state index is 0.141. The summed E-state index contributed by atoms with van der Waals surface area (Å²) in [6, 6.07) is 0. The molecule has 0 spiro atoms. The van der Waals surface area contributed by atoms with E-state index in [-0.39, 0.29) is 18.1 Å². The minimum Gasteiger partial charge on any atom is -0.365 e. The highest BCUT2D eigenvalue weighted by molar-refractivity contribution is 5.81. The molecule has 15 heavy (non-hydrogen) atoms. The van der Waals surface area contributed by atoms with E-state index in [9.17, 15) is 4.79 Å². The molecule has 2 heterocycles. The van der Waals surface area contributed by atoms with E-state index in [1.54, 1.807) is 0 Å². The molecule has 3 heteroatoms. The summed E-state index contributed by atoms with van der Waals surface area (Å²) in [6.45, 7) is 3.93. The number of likely N-dealkylation sites (tertiary alicyclic amines) is 1.